The molecule has 1 N–H and O–H groups in total. The standard InChI is InChI=1S/C16H17ClN4/c1-11(2)21-10-12(9-19-21)8-18-15-7-16(17)20-14-6-4-3-5-13(14)15/h3-7,9-11H,8H2,1-2H3,(H,18,20). The highest BCUT2D eigenvalue weighted by Gasteiger charge is 2.06. The van der Waals surface area contributed by atoms with Crippen molar-refractivity contribution in [2.24, 2.45) is 0 Å². The van der Waals surface area contributed by atoms with Gasteiger partial charge in [-0.25, -0.2) is 4.98 Å². The van der Waals surface area contributed by atoms with Crippen molar-refractivity contribution >= 4 is 28.2 Å². The third kappa shape index (κ3) is 3.00. The molecule has 2 heterocycles. The minimum absolute atomic E-state index is 0.370. The first-order valence-corrected chi connectivity index (χ1v) is 7.33. The zero-order chi connectivity index (χ0) is 14.8. The lowest BCUT2D eigenvalue weighted by molar-refractivity contribution is 0.532. The molecule has 0 unspecified atom stereocenters. The van der Waals surface area contributed by atoms with Crippen LogP contribution in [0.25, 0.3) is 10.9 Å². The Kier molecular flexibility index (Phi) is 3.80. The number of halogens is 1. The van der Waals surface area contributed by atoms with Gasteiger partial charge >= 0.3 is 0 Å². The Morgan fingerprint density at radius 2 is 2.10 bits per heavy atom. The molecule has 2 aromatic heterocycles. The van der Waals surface area contributed by atoms with Crippen LogP contribution in [0.1, 0.15) is 25.5 Å². The zero-order valence-electron chi connectivity index (χ0n) is 12.0. The number of rotatable bonds is 4. The van der Waals surface area contributed by atoms with Crippen molar-refractivity contribution < 1.29 is 0 Å². The number of fused-ring (bicyclic) bond motifs is 1. The molecule has 0 fully saturated rings. The monoisotopic (exact) mass is 300 g/mol. The third-order valence-corrected chi connectivity index (χ3v) is 3.55. The molecule has 0 atom stereocenters. The molecular weight excluding hydrogens is 284 g/mol. The summed E-state index contributed by atoms with van der Waals surface area (Å²) in [5.74, 6) is 0. The quantitative estimate of drug-likeness (QED) is 0.731. The summed E-state index contributed by atoms with van der Waals surface area (Å²) in [5, 5.41) is 9.33. The molecule has 3 rings (SSSR count). The van der Waals surface area contributed by atoms with Gasteiger partial charge in [0, 0.05) is 35.4 Å². The van der Waals surface area contributed by atoms with Crippen LogP contribution in [-0.4, -0.2) is 14.8 Å². The second kappa shape index (κ2) is 5.74. The Bertz CT molecular complexity index is 764. The summed E-state index contributed by atoms with van der Waals surface area (Å²) in [4.78, 5) is 4.33. The number of benzene rings is 1. The summed E-state index contributed by atoms with van der Waals surface area (Å²) >= 11 is 6.08. The molecule has 0 saturated heterocycles. The van der Waals surface area contributed by atoms with E-state index >= 15 is 0 Å². The van der Waals surface area contributed by atoms with Crippen molar-refractivity contribution in [2.45, 2.75) is 26.4 Å². The number of nitrogens with one attached hydrogen (secondary N) is 1. The lowest BCUT2D eigenvalue weighted by Crippen LogP contribution is -2.01. The number of pyridine rings is 1. The Hall–Kier alpha value is -2.07. The van der Waals surface area contributed by atoms with Gasteiger partial charge in [-0.2, -0.15) is 5.10 Å². The highest BCUT2D eigenvalue weighted by atomic mass is 35.5. The van der Waals surface area contributed by atoms with Crippen LogP contribution in [0.15, 0.2) is 42.7 Å². The first-order chi connectivity index (χ1) is 10.1. The number of anilines is 1. The Balaban J connectivity index is 1.84. The lowest BCUT2D eigenvalue weighted by Gasteiger charge is -2.09. The van der Waals surface area contributed by atoms with E-state index in [0.717, 1.165) is 22.2 Å². The largest absolute Gasteiger partial charge is 0.380 e. The van der Waals surface area contributed by atoms with Crippen LogP contribution in [0.3, 0.4) is 0 Å². The molecule has 0 bridgehead atoms. The predicted molar refractivity (Wildman–Crippen MR) is 86.7 cm³/mol. The van der Waals surface area contributed by atoms with Gasteiger partial charge in [0.1, 0.15) is 5.15 Å². The maximum atomic E-state index is 6.08. The minimum atomic E-state index is 0.370. The molecule has 3 aromatic rings. The van der Waals surface area contributed by atoms with E-state index in [-0.39, 0.29) is 0 Å². The summed E-state index contributed by atoms with van der Waals surface area (Å²) in [6.07, 6.45) is 3.95. The summed E-state index contributed by atoms with van der Waals surface area (Å²) < 4.78 is 1.95. The average molecular weight is 301 g/mol. The fourth-order valence-electron chi connectivity index (χ4n) is 2.24. The van der Waals surface area contributed by atoms with Crippen LogP contribution in [0.2, 0.25) is 5.15 Å². The third-order valence-electron chi connectivity index (χ3n) is 3.35. The molecule has 0 aliphatic heterocycles. The van der Waals surface area contributed by atoms with Crippen molar-refractivity contribution in [3.63, 3.8) is 0 Å². The van der Waals surface area contributed by atoms with Crippen molar-refractivity contribution in [3.8, 4) is 0 Å². The molecule has 1 aromatic carbocycles. The van der Waals surface area contributed by atoms with Crippen molar-refractivity contribution in [1.29, 1.82) is 0 Å². The van der Waals surface area contributed by atoms with E-state index in [0.29, 0.717) is 17.7 Å². The smallest absolute Gasteiger partial charge is 0.131 e. The summed E-state index contributed by atoms with van der Waals surface area (Å²) in [6.45, 7) is 4.93. The van der Waals surface area contributed by atoms with Gasteiger partial charge in [-0.05, 0) is 26.0 Å². The number of hydrogen-bond donors (Lipinski definition) is 1. The zero-order valence-corrected chi connectivity index (χ0v) is 12.8. The number of aromatic nitrogens is 3. The van der Waals surface area contributed by atoms with Gasteiger partial charge in [-0.15, -0.1) is 0 Å². The van der Waals surface area contributed by atoms with Crippen molar-refractivity contribution in [2.75, 3.05) is 5.32 Å². The van der Waals surface area contributed by atoms with E-state index in [1.54, 1.807) is 0 Å². The average Bonchev–Trinajstić information content (AvgIpc) is 2.93. The molecule has 5 heteroatoms. The van der Waals surface area contributed by atoms with Gasteiger partial charge in [0.15, 0.2) is 0 Å². The first-order valence-electron chi connectivity index (χ1n) is 6.95. The predicted octanol–water partition coefficient (Wildman–Crippen LogP) is 4.28. The molecular formula is C16H17ClN4. The normalized spacial score (nSPS) is 11.2. The fraction of sp³-hybridized carbons (Fsp3) is 0.250. The number of para-hydroxylation sites is 1. The number of nitrogens with zero attached hydrogens (tertiary/aromatic N) is 3. The molecule has 4 nitrogen and oxygen atoms in total. The maximum absolute atomic E-state index is 6.08. The molecule has 0 spiro atoms. The van der Waals surface area contributed by atoms with Crippen molar-refractivity contribution in [1.82, 2.24) is 14.8 Å². The summed E-state index contributed by atoms with van der Waals surface area (Å²) in [6, 6.07) is 10.2. The Morgan fingerprint density at radius 3 is 2.86 bits per heavy atom. The molecule has 0 radical (unpaired) electrons. The van der Waals surface area contributed by atoms with E-state index in [4.69, 9.17) is 11.6 Å². The summed E-state index contributed by atoms with van der Waals surface area (Å²) in [5.41, 5.74) is 3.02. The van der Waals surface area contributed by atoms with Gasteiger partial charge in [0.25, 0.3) is 0 Å². The second-order valence-corrected chi connectivity index (χ2v) is 5.67. The Morgan fingerprint density at radius 1 is 1.29 bits per heavy atom. The van der Waals surface area contributed by atoms with Crippen LogP contribution in [0.5, 0.6) is 0 Å². The van der Waals surface area contributed by atoms with Crippen LogP contribution >= 0.6 is 11.6 Å². The van der Waals surface area contributed by atoms with Crippen LogP contribution in [0.4, 0.5) is 5.69 Å². The van der Waals surface area contributed by atoms with Gasteiger partial charge in [0.2, 0.25) is 0 Å². The topological polar surface area (TPSA) is 42.7 Å². The molecule has 0 saturated carbocycles. The van der Waals surface area contributed by atoms with E-state index < -0.39 is 0 Å². The fourth-order valence-corrected chi connectivity index (χ4v) is 2.44. The van der Waals surface area contributed by atoms with Gasteiger partial charge in [0.05, 0.1) is 11.7 Å². The van der Waals surface area contributed by atoms with Crippen LogP contribution in [-0.2, 0) is 6.54 Å². The maximum Gasteiger partial charge on any atom is 0.131 e. The van der Waals surface area contributed by atoms with Crippen LogP contribution in [0, 0.1) is 0 Å². The minimum Gasteiger partial charge on any atom is -0.380 e. The molecule has 108 valence electrons. The van der Waals surface area contributed by atoms with E-state index in [1.807, 2.05) is 41.2 Å². The lowest BCUT2D eigenvalue weighted by atomic mass is 10.2. The molecule has 0 amide bonds. The summed E-state index contributed by atoms with van der Waals surface area (Å²) in [7, 11) is 0. The Labute approximate surface area is 128 Å². The molecule has 0 aliphatic carbocycles. The molecule has 21 heavy (non-hydrogen) atoms. The van der Waals surface area contributed by atoms with E-state index in [2.05, 4.69) is 35.4 Å². The van der Waals surface area contributed by atoms with Crippen LogP contribution < -0.4 is 5.32 Å². The van der Waals surface area contributed by atoms with Gasteiger partial charge < -0.3 is 5.32 Å². The number of hydrogen-bond acceptors (Lipinski definition) is 3. The second-order valence-electron chi connectivity index (χ2n) is 5.29. The van der Waals surface area contributed by atoms with Crippen molar-refractivity contribution in [3.05, 3.63) is 53.4 Å². The van der Waals surface area contributed by atoms with E-state index in [9.17, 15) is 0 Å². The van der Waals surface area contributed by atoms with E-state index in [1.165, 1.54) is 0 Å². The highest BCUT2D eigenvalue weighted by molar-refractivity contribution is 6.30. The molecule has 0 aliphatic rings. The SMILES string of the molecule is CC(C)n1cc(CNc2cc(Cl)nc3ccccc23)cn1. The van der Waals surface area contributed by atoms with Gasteiger partial charge in [-0.3, -0.25) is 4.68 Å². The first kappa shape index (κ1) is 13.9. The highest BCUT2D eigenvalue weighted by Crippen LogP contribution is 2.25. The van der Waals surface area contributed by atoms with Gasteiger partial charge in [-0.1, -0.05) is 29.8 Å².